The van der Waals surface area contributed by atoms with Crippen LogP contribution in [0, 0.1) is 5.82 Å². The molecular formula is C14H10FNO2. The van der Waals surface area contributed by atoms with Gasteiger partial charge in [-0.3, -0.25) is 4.79 Å². The largest absolute Gasteiger partial charge is 0.493 e. The van der Waals surface area contributed by atoms with Gasteiger partial charge in [0.15, 0.2) is 5.75 Å². The number of nitrogens with one attached hydrogen (secondary N) is 1. The molecule has 90 valence electrons. The van der Waals surface area contributed by atoms with Crippen LogP contribution in [0.1, 0.15) is 0 Å². The monoisotopic (exact) mass is 243 g/mol. The van der Waals surface area contributed by atoms with Gasteiger partial charge < -0.3 is 9.72 Å². The third-order valence-electron chi connectivity index (χ3n) is 3.02. The summed E-state index contributed by atoms with van der Waals surface area (Å²) < 4.78 is 18.9. The van der Waals surface area contributed by atoms with Crippen molar-refractivity contribution in [1.29, 1.82) is 0 Å². The first-order valence-electron chi connectivity index (χ1n) is 5.49. The number of rotatable bonds is 1. The summed E-state index contributed by atoms with van der Waals surface area (Å²) in [4.78, 5) is 15.1. The SMILES string of the molecule is COc1ccc2cc(F)c3ccc[nH]c3c2c1=O. The molecule has 0 saturated heterocycles. The van der Waals surface area contributed by atoms with E-state index in [2.05, 4.69) is 4.98 Å². The molecule has 0 atom stereocenters. The van der Waals surface area contributed by atoms with Crippen molar-refractivity contribution in [2.45, 2.75) is 0 Å². The molecule has 3 rings (SSSR count). The zero-order valence-corrected chi connectivity index (χ0v) is 9.66. The van der Waals surface area contributed by atoms with Gasteiger partial charge in [0.1, 0.15) is 5.82 Å². The third kappa shape index (κ3) is 1.39. The Morgan fingerprint density at radius 2 is 2.11 bits per heavy atom. The molecule has 0 radical (unpaired) electrons. The van der Waals surface area contributed by atoms with Crippen molar-refractivity contribution in [2.24, 2.45) is 0 Å². The van der Waals surface area contributed by atoms with Crippen molar-refractivity contribution >= 4 is 21.7 Å². The van der Waals surface area contributed by atoms with Gasteiger partial charge in [-0.05, 0) is 29.7 Å². The van der Waals surface area contributed by atoms with Gasteiger partial charge in [0.2, 0.25) is 5.43 Å². The quantitative estimate of drug-likeness (QED) is 0.668. The minimum atomic E-state index is -0.348. The molecular weight excluding hydrogens is 233 g/mol. The van der Waals surface area contributed by atoms with Crippen LogP contribution in [0.25, 0.3) is 21.7 Å². The van der Waals surface area contributed by atoms with Crippen LogP contribution >= 0.6 is 0 Å². The van der Waals surface area contributed by atoms with Crippen molar-refractivity contribution in [1.82, 2.24) is 4.98 Å². The van der Waals surface area contributed by atoms with Crippen LogP contribution in [-0.2, 0) is 0 Å². The summed E-state index contributed by atoms with van der Waals surface area (Å²) in [5.41, 5.74) is 0.263. The highest BCUT2D eigenvalue weighted by molar-refractivity contribution is 6.05. The van der Waals surface area contributed by atoms with Gasteiger partial charge in [-0.25, -0.2) is 4.39 Å². The second kappa shape index (κ2) is 3.84. The predicted molar refractivity (Wildman–Crippen MR) is 68.6 cm³/mol. The normalized spacial score (nSPS) is 11.0. The molecule has 2 aromatic carbocycles. The molecule has 0 aliphatic heterocycles. The Balaban J connectivity index is 2.63. The minimum absolute atomic E-state index is 0.234. The second-order valence-electron chi connectivity index (χ2n) is 4.01. The van der Waals surface area contributed by atoms with Gasteiger partial charge in [0.05, 0.1) is 18.0 Å². The van der Waals surface area contributed by atoms with Gasteiger partial charge in [0.25, 0.3) is 0 Å². The van der Waals surface area contributed by atoms with Crippen molar-refractivity contribution < 1.29 is 9.13 Å². The number of fused-ring (bicyclic) bond motifs is 3. The number of hydrogen-bond donors (Lipinski definition) is 1. The number of ether oxygens (including phenoxy) is 1. The van der Waals surface area contributed by atoms with E-state index in [0.717, 1.165) is 0 Å². The molecule has 0 fully saturated rings. The lowest BCUT2D eigenvalue weighted by Gasteiger charge is -2.06. The number of benzene rings is 2. The van der Waals surface area contributed by atoms with Crippen molar-refractivity contribution in [3.63, 3.8) is 0 Å². The lowest BCUT2D eigenvalue weighted by molar-refractivity contribution is 0.412. The standard InChI is InChI=1S/C14H10FNO2/c1-18-11-5-4-8-7-10(15)9-3-2-6-16-13(9)12(8)14(11)17/h2-7,16H,1H3. The maximum absolute atomic E-state index is 13.9. The summed E-state index contributed by atoms with van der Waals surface area (Å²) in [6.07, 6.45) is 1.67. The van der Waals surface area contributed by atoms with Gasteiger partial charge in [0, 0.05) is 11.6 Å². The van der Waals surface area contributed by atoms with E-state index in [1.165, 1.54) is 13.2 Å². The van der Waals surface area contributed by atoms with Crippen molar-refractivity contribution in [3.8, 4) is 5.75 Å². The summed E-state index contributed by atoms with van der Waals surface area (Å²) in [5.74, 6) is -0.0911. The second-order valence-corrected chi connectivity index (χ2v) is 4.01. The summed E-state index contributed by atoms with van der Waals surface area (Å²) in [7, 11) is 1.44. The van der Waals surface area contributed by atoms with Gasteiger partial charge in [-0.15, -0.1) is 0 Å². The number of aromatic nitrogens is 1. The Kier molecular flexibility index (Phi) is 2.30. The van der Waals surface area contributed by atoms with Crippen LogP contribution in [0.3, 0.4) is 0 Å². The lowest BCUT2D eigenvalue weighted by atomic mass is 10.0. The van der Waals surface area contributed by atoms with E-state index in [-0.39, 0.29) is 17.0 Å². The first-order chi connectivity index (χ1) is 8.72. The lowest BCUT2D eigenvalue weighted by Crippen LogP contribution is -2.06. The highest BCUT2D eigenvalue weighted by Gasteiger charge is 2.11. The minimum Gasteiger partial charge on any atom is -0.493 e. The number of halogens is 1. The van der Waals surface area contributed by atoms with E-state index in [1.807, 2.05) is 0 Å². The van der Waals surface area contributed by atoms with E-state index in [1.54, 1.807) is 30.5 Å². The van der Waals surface area contributed by atoms with Crippen LogP contribution in [0.5, 0.6) is 5.75 Å². The molecule has 0 bridgehead atoms. The van der Waals surface area contributed by atoms with Crippen LogP contribution in [0.2, 0.25) is 0 Å². The molecule has 1 heterocycles. The average Bonchev–Trinajstić information content (AvgIpc) is 2.39. The maximum Gasteiger partial charge on any atom is 0.230 e. The Morgan fingerprint density at radius 1 is 1.28 bits per heavy atom. The summed E-state index contributed by atoms with van der Waals surface area (Å²) >= 11 is 0. The van der Waals surface area contributed by atoms with Crippen LogP contribution in [0.4, 0.5) is 4.39 Å². The Hall–Kier alpha value is -2.36. The molecule has 1 N–H and O–H groups in total. The van der Waals surface area contributed by atoms with Crippen molar-refractivity contribution in [3.05, 3.63) is 52.6 Å². The Labute approximate surface area is 102 Å². The first kappa shape index (κ1) is 10.8. The molecule has 0 unspecified atom stereocenters. The molecule has 1 aromatic heterocycles. The number of pyridine rings is 1. The Bertz CT molecular complexity index is 808. The van der Waals surface area contributed by atoms with Crippen LogP contribution in [0.15, 0.2) is 41.3 Å². The Morgan fingerprint density at radius 3 is 2.89 bits per heavy atom. The van der Waals surface area contributed by atoms with Crippen LogP contribution < -0.4 is 10.2 Å². The molecule has 0 saturated carbocycles. The van der Waals surface area contributed by atoms with E-state index in [9.17, 15) is 9.18 Å². The zero-order valence-electron chi connectivity index (χ0n) is 9.66. The van der Waals surface area contributed by atoms with Crippen molar-refractivity contribution in [2.75, 3.05) is 7.11 Å². The summed E-state index contributed by atoms with van der Waals surface area (Å²) in [6.45, 7) is 0. The van der Waals surface area contributed by atoms with E-state index in [0.29, 0.717) is 21.7 Å². The first-order valence-corrected chi connectivity index (χ1v) is 5.49. The van der Waals surface area contributed by atoms with E-state index < -0.39 is 0 Å². The molecule has 18 heavy (non-hydrogen) atoms. The van der Waals surface area contributed by atoms with Crippen LogP contribution in [-0.4, -0.2) is 12.1 Å². The zero-order chi connectivity index (χ0) is 12.7. The highest BCUT2D eigenvalue weighted by Crippen LogP contribution is 2.25. The molecule has 0 spiro atoms. The smallest absolute Gasteiger partial charge is 0.230 e. The fraction of sp³-hybridized carbons (Fsp3) is 0.0714. The molecule has 4 heteroatoms. The number of methoxy groups -OCH3 is 1. The third-order valence-corrected chi connectivity index (χ3v) is 3.02. The summed E-state index contributed by atoms with van der Waals surface area (Å²) in [5, 5.41) is 1.41. The fourth-order valence-electron chi connectivity index (χ4n) is 2.17. The topological polar surface area (TPSA) is 42.1 Å². The molecule has 3 nitrogen and oxygen atoms in total. The van der Waals surface area contributed by atoms with Gasteiger partial charge >= 0.3 is 0 Å². The number of hydrogen-bond acceptors (Lipinski definition) is 2. The maximum atomic E-state index is 13.9. The van der Waals surface area contributed by atoms with E-state index >= 15 is 0 Å². The van der Waals surface area contributed by atoms with Gasteiger partial charge in [-0.1, -0.05) is 6.07 Å². The highest BCUT2D eigenvalue weighted by atomic mass is 19.1. The summed E-state index contributed by atoms with van der Waals surface area (Å²) in [6, 6.07) is 7.94. The predicted octanol–water partition coefficient (Wildman–Crippen LogP) is 2.83. The van der Waals surface area contributed by atoms with E-state index in [4.69, 9.17) is 4.74 Å². The number of aromatic amines is 1. The van der Waals surface area contributed by atoms with Gasteiger partial charge in [-0.2, -0.15) is 0 Å². The molecule has 0 aliphatic rings. The average molecular weight is 243 g/mol. The molecule has 3 aromatic rings. The molecule has 0 aliphatic carbocycles. The molecule has 0 amide bonds. The fourth-order valence-corrected chi connectivity index (χ4v) is 2.17. The number of H-pyrrole nitrogens is 1.